The van der Waals surface area contributed by atoms with Crippen LogP contribution in [0, 0.1) is 0 Å². The van der Waals surface area contributed by atoms with Gasteiger partial charge in [-0.2, -0.15) is 0 Å². The lowest BCUT2D eigenvalue weighted by molar-refractivity contribution is -0.0438. The molecule has 2 aromatic carbocycles. The largest absolute Gasteiger partial charge is 0.453 e. The fourth-order valence-electron chi connectivity index (χ4n) is 2.69. The highest BCUT2D eigenvalue weighted by atomic mass is 16.7. The van der Waals surface area contributed by atoms with Crippen LogP contribution in [0.25, 0.3) is 0 Å². The molecule has 0 spiro atoms. The molecule has 0 saturated heterocycles. The van der Waals surface area contributed by atoms with Gasteiger partial charge < -0.3 is 14.2 Å². The number of hydrogen-bond donors (Lipinski definition) is 0. The minimum atomic E-state index is -0.693. The Bertz CT molecular complexity index is 757. The van der Waals surface area contributed by atoms with Gasteiger partial charge in [-0.3, -0.25) is 0 Å². The lowest BCUT2D eigenvalue weighted by Gasteiger charge is -2.16. The van der Waals surface area contributed by atoms with Gasteiger partial charge in [0.15, 0.2) is 11.5 Å². The molecule has 0 radical (unpaired) electrons. The van der Waals surface area contributed by atoms with E-state index in [-0.39, 0.29) is 0 Å². The summed E-state index contributed by atoms with van der Waals surface area (Å²) in [5.41, 5.74) is 2.27. The van der Waals surface area contributed by atoms with Gasteiger partial charge in [0.2, 0.25) is 11.5 Å². The third-order valence-electron chi connectivity index (χ3n) is 3.70. The molecule has 3 nitrogen and oxygen atoms in total. The van der Waals surface area contributed by atoms with Crippen molar-refractivity contribution in [2.75, 3.05) is 0 Å². The fourth-order valence-corrected chi connectivity index (χ4v) is 2.69. The lowest BCUT2D eigenvalue weighted by Crippen LogP contribution is -2.29. The smallest absolute Gasteiger partial charge is 0.246 e. The summed E-state index contributed by atoms with van der Waals surface area (Å²) in [6.45, 7) is 11.3. The highest BCUT2D eigenvalue weighted by Gasteiger charge is 2.34. The van der Waals surface area contributed by atoms with Gasteiger partial charge >= 0.3 is 0 Å². The molecular weight excluding hydrogens is 300 g/mol. The first-order valence-electron chi connectivity index (χ1n) is 8.04. The van der Waals surface area contributed by atoms with Crippen LogP contribution < -0.4 is 14.2 Å². The van der Waals surface area contributed by atoms with Crippen molar-refractivity contribution in [3.05, 3.63) is 72.8 Å². The molecule has 3 rings (SSSR count). The molecule has 1 aliphatic rings. The van der Waals surface area contributed by atoms with Gasteiger partial charge in [-0.1, -0.05) is 24.3 Å². The van der Waals surface area contributed by atoms with Crippen molar-refractivity contribution >= 4 is 0 Å². The summed E-state index contributed by atoms with van der Waals surface area (Å²) in [7, 11) is 0. The van der Waals surface area contributed by atoms with Crippen molar-refractivity contribution in [2.24, 2.45) is 0 Å². The molecule has 1 heterocycles. The molecule has 0 aromatic heterocycles. The number of allylic oxidation sites excluding steroid dienone is 2. The molecule has 124 valence electrons. The predicted molar refractivity (Wildman–Crippen MR) is 96.1 cm³/mol. The molecule has 0 fully saturated rings. The quantitative estimate of drug-likeness (QED) is 0.662. The summed E-state index contributed by atoms with van der Waals surface area (Å²) < 4.78 is 17.8. The highest BCUT2D eigenvalue weighted by Crippen LogP contribution is 2.48. The molecule has 0 aliphatic carbocycles. The van der Waals surface area contributed by atoms with E-state index >= 15 is 0 Å². The second-order valence-corrected chi connectivity index (χ2v) is 6.26. The van der Waals surface area contributed by atoms with E-state index in [1.54, 1.807) is 0 Å². The second-order valence-electron chi connectivity index (χ2n) is 6.26. The van der Waals surface area contributed by atoms with Gasteiger partial charge in [0.05, 0.1) is 0 Å². The van der Waals surface area contributed by atoms with Crippen LogP contribution in [0.15, 0.2) is 61.7 Å². The molecule has 0 atom stereocenters. The molecule has 0 bridgehead atoms. The zero-order chi connectivity index (χ0) is 17.2. The Hall–Kier alpha value is -2.68. The summed E-state index contributed by atoms with van der Waals surface area (Å²) in [6.07, 6.45) is 5.33. The second kappa shape index (κ2) is 6.44. The van der Waals surface area contributed by atoms with Crippen LogP contribution in [-0.2, 0) is 12.8 Å². The number of rotatable bonds is 6. The summed E-state index contributed by atoms with van der Waals surface area (Å²) in [6, 6.07) is 11.9. The van der Waals surface area contributed by atoms with Crippen molar-refractivity contribution in [2.45, 2.75) is 32.5 Å². The number of ether oxygens (including phenoxy) is 3. The molecule has 2 aromatic rings. The highest BCUT2D eigenvalue weighted by molar-refractivity contribution is 5.57. The van der Waals surface area contributed by atoms with Crippen molar-refractivity contribution in [3.8, 4) is 23.0 Å². The van der Waals surface area contributed by atoms with Crippen molar-refractivity contribution in [1.29, 1.82) is 0 Å². The molecule has 24 heavy (non-hydrogen) atoms. The number of fused-ring (bicyclic) bond motifs is 1. The van der Waals surface area contributed by atoms with Gasteiger partial charge in [0.25, 0.3) is 0 Å². The first kappa shape index (κ1) is 16.2. The van der Waals surface area contributed by atoms with Gasteiger partial charge in [-0.05, 0) is 48.2 Å². The SMILES string of the molecule is C=CCc1ccc(Oc2cc(CC=C)cc3c2OC(C)(C)O3)cc1. The van der Waals surface area contributed by atoms with Crippen molar-refractivity contribution in [3.63, 3.8) is 0 Å². The van der Waals surface area contributed by atoms with Crippen LogP contribution in [0.3, 0.4) is 0 Å². The molecular formula is C21H22O3. The van der Waals surface area contributed by atoms with E-state index in [9.17, 15) is 0 Å². The summed E-state index contributed by atoms with van der Waals surface area (Å²) in [5.74, 6) is 2.07. The third-order valence-corrected chi connectivity index (χ3v) is 3.70. The van der Waals surface area contributed by atoms with Crippen LogP contribution in [-0.4, -0.2) is 5.79 Å². The van der Waals surface area contributed by atoms with E-state index in [1.807, 2.05) is 62.4 Å². The van der Waals surface area contributed by atoms with Gasteiger partial charge in [0.1, 0.15) is 5.75 Å². The zero-order valence-electron chi connectivity index (χ0n) is 14.2. The first-order chi connectivity index (χ1) is 11.5. The average Bonchev–Trinajstić information content (AvgIpc) is 2.84. The van der Waals surface area contributed by atoms with Crippen LogP contribution in [0.2, 0.25) is 0 Å². The fraction of sp³-hybridized carbons (Fsp3) is 0.238. The minimum Gasteiger partial charge on any atom is -0.453 e. The Kier molecular flexibility index (Phi) is 4.34. The lowest BCUT2D eigenvalue weighted by atomic mass is 10.1. The predicted octanol–water partition coefficient (Wildman–Crippen LogP) is 5.44. The van der Waals surface area contributed by atoms with E-state index in [0.717, 1.165) is 24.2 Å². The monoisotopic (exact) mass is 322 g/mol. The molecule has 0 N–H and O–H groups in total. The maximum atomic E-state index is 6.07. The molecule has 0 amide bonds. The van der Waals surface area contributed by atoms with Crippen LogP contribution >= 0.6 is 0 Å². The molecule has 3 heteroatoms. The van der Waals surface area contributed by atoms with E-state index in [1.165, 1.54) is 5.56 Å². The minimum absolute atomic E-state index is 0.642. The number of benzene rings is 2. The Morgan fingerprint density at radius 3 is 2.29 bits per heavy atom. The summed E-state index contributed by atoms with van der Waals surface area (Å²) in [5, 5.41) is 0. The van der Waals surface area contributed by atoms with Crippen molar-refractivity contribution in [1.82, 2.24) is 0 Å². The van der Waals surface area contributed by atoms with Crippen molar-refractivity contribution < 1.29 is 14.2 Å². The van der Waals surface area contributed by atoms with E-state index in [4.69, 9.17) is 14.2 Å². The van der Waals surface area contributed by atoms with Gasteiger partial charge in [-0.25, -0.2) is 0 Å². The maximum absolute atomic E-state index is 6.07. The first-order valence-corrected chi connectivity index (χ1v) is 8.04. The van der Waals surface area contributed by atoms with Gasteiger partial charge in [-0.15, -0.1) is 13.2 Å². The standard InChI is InChI=1S/C21H22O3/c1-5-7-15-9-11-17(12-10-15)22-18-13-16(8-6-2)14-19-20(18)24-21(3,4)23-19/h5-6,9-14H,1-2,7-8H2,3-4H3. The van der Waals surface area contributed by atoms with Crippen LogP contribution in [0.1, 0.15) is 25.0 Å². The Balaban J connectivity index is 1.92. The van der Waals surface area contributed by atoms with Gasteiger partial charge in [0, 0.05) is 13.8 Å². The summed E-state index contributed by atoms with van der Waals surface area (Å²) in [4.78, 5) is 0. The zero-order valence-corrected chi connectivity index (χ0v) is 14.2. The summed E-state index contributed by atoms with van der Waals surface area (Å²) >= 11 is 0. The number of hydrogen-bond acceptors (Lipinski definition) is 3. The van der Waals surface area contributed by atoms with Crippen LogP contribution in [0.4, 0.5) is 0 Å². The molecule has 0 unspecified atom stereocenters. The van der Waals surface area contributed by atoms with E-state index in [0.29, 0.717) is 17.2 Å². The van der Waals surface area contributed by atoms with E-state index < -0.39 is 5.79 Å². The topological polar surface area (TPSA) is 27.7 Å². The maximum Gasteiger partial charge on any atom is 0.246 e. The normalized spacial score (nSPS) is 14.2. The third kappa shape index (κ3) is 3.46. The molecule has 0 saturated carbocycles. The Labute approximate surface area is 143 Å². The van der Waals surface area contributed by atoms with Crippen LogP contribution in [0.5, 0.6) is 23.0 Å². The Morgan fingerprint density at radius 1 is 0.958 bits per heavy atom. The molecule has 1 aliphatic heterocycles. The Morgan fingerprint density at radius 2 is 1.62 bits per heavy atom. The average molecular weight is 322 g/mol. The van der Waals surface area contributed by atoms with E-state index in [2.05, 4.69) is 13.2 Å².